The highest BCUT2D eigenvalue weighted by Crippen LogP contribution is 2.20. The fourth-order valence-corrected chi connectivity index (χ4v) is 2.92. The van der Waals surface area contributed by atoms with Crippen LogP contribution < -0.4 is 5.32 Å². The number of halogens is 1. The molecule has 8 nitrogen and oxygen atoms in total. The van der Waals surface area contributed by atoms with Gasteiger partial charge in [-0.25, -0.2) is 4.79 Å². The summed E-state index contributed by atoms with van der Waals surface area (Å²) in [6, 6.07) is 7.13. The molecule has 0 aliphatic rings. The number of benzene rings is 1. The Balaban J connectivity index is 1.74. The van der Waals surface area contributed by atoms with Crippen LogP contribution in [0.1, 0.15) is 37.8 Å². The van der Waals surface area contributed by atoms with Gasteiger partial charge in [0.15, 0.2) is 5.69 Å². The molecule has 0 atom stereocenters. The van der Waals surface area contributed by atoms with Crippen molar-refractivity contribution >= 4 is 29.2 Å². The topological polar surface area (TPSA) is 91.0 Å². The van der Waals surface area contributed by atoms with Gasteiger partial charge in [0.05, 0.1) is 35.8 Å². The number of esters is 1. The molecule has 1 amide bonds. The van der Waals surface area contributed by atoms with Crippen LogP contribution in [0.3, 0.4) is 0 Å². The molecule has 2 aromatic heterocycles. The Morgan fingerprint density at radius 3 is 2.43 bits per heavy atom. The second-order valence-corrected chi connectivity index (χ2v) is 6.73. The van der Waals surface area contributed by atoms with Crippen molar-refractivity contribution in [1.82, 2.24) is 19.6 Å². The Morgan fingerprint density at radius 1 is 1.18 bits per heavy atom. The highest BCUT2D eigenvalue weighted by Gasteiger charge is 2.19. The zero-order chi connectivity index (χ0) is 20.4. The summed E-state index contributed by atoms with van der Waals surface area (Å²) in [4.78, 5) is 24.3. The highest BCUT2D eigenvalue weighted by molar-refractivity contribution is 6.31. The highest BCUT2D eigenvalue weighted by atomic mass is 35.5. The van der Waals surface area contributed by atoms with Gasteiger partial charge in [-0.2, -0.15) is 10.2 Å². The minimum absolute atomic E-state index is 0.0522. The summed E-state index contributed by atoms with van der Waals surface area (Å²) in [7, 11) is 2.92. The number of nitrogens with zero attached hydrogens (tertiary/aromatic N) is 4. The van der Waals surface area contributed by atoms with E-state index in [-0.39, 0.29) is 11.6 Å². The number of hydrogen-bond acceptors (Lipinski definition) is 5. The van der Waals surface area contributed by atoms with E-state index in [0.29, 0.717) is 22.8 Å². The molecule has 0 radical (unpaired) electrons. The van der Waals surface area contributed by atoms with Crippen molar-refractivity contribution < 1.29 is 14.3 Å². The lowest BCUT2D eigenvalue weighted by Crippen LogP contribution is -2.15. The van der Waals surface area contributed by atoms with Crippen LogP contribution in [0, 0.1) is 13.8 Å². The van der Waals surface area contributed by atoms with Gasteiger partial charge in [-0.1, -0.05) is 23.7 Å². The Labute approximate surface area is 167 Å². The predicted molar refractivity (Wildman–Crippen MR) is 105 cm³/mol. The molecule has 0 fully saturated rings. The van der Waals surface area contributed by atoms with Gasteiger partial charge in [-0.05, 0) is 31.5 Å². The monoisotopic (exact) mass is 401 g/mol. The maximum Gasteiger partial charge on any atom is 0.360 e. The molecule has 0 bridgehead atoms. The van der Waals surface area contributed by atoms with Crippen molar-refractivity contribution in [3.63, 3.8) is 0 Å². The summed E-state index contributed by atoms with van der Waals surface area (Å²) in [5.41, 5.74) is 3.46. The molecule has 1 N–H and O–H groups in total. The van der Waals surface area contributed by atoms with Crippen molar-refractivity contribution in [3.8, 4) is 0 Å². The maximum atomic E-state index is 12.5. The van der Waals surface area contributed by atoms with E-state index >= 15 is 0 Å². The molecule has 146 valence electrons. The largest absolute Gasteiger partial charge is 0.464 e. The number of rotatable bonds is 5. The summed E-state index contributed by atoms with van der Waals surface area (Å²) in [6.45, 7) is 4.33. The first-order valence-electron chi connectivity index (χ1n) is 8.52. The van der Waals surface area contributed by atoms with Crippen LogP contribution in [0.15, 0.2) is 30.5 Å². The molecule has 1 aromatic carbocycles. The number of carbonyl (C=O) groups excluding carboxylic acids is 2. The molecule has 9 heteroatoms. The molecule has 28 heavy (non-hydrogen) atoms. The van der Waals surface area contributed by atoms with Crippen LogP contribution in [-0.4, -0.2) is 38.5 Å². The van der Waals surface area contributed by atoms with Crippen molar-refractivity contribution in [3.05, 3.63) is 63.7 Å². The summed E-state index contributed by atoms with van der Waals surface area (Å²) >= 11 is 6.18. The first-order valence-corrected chi connectivity index (χ1v) is 8.89. The third-order valence-electron chi connectivity index (χ3n) is 4.30. The third kappa shape index (κ3) is 3.91. The van der Waals surface area contributed by atoms with E-state index in [2.05, 4.69) is 20.3 Å². The Hall–Kier alpha value is -3.13. The van der Waals surface area contributed by atoms with E-state index in [4.69, 9.17) is 11.6 Å². The number of aromatic nitrogens is 4. The third-order valence-corrected chi connectivity index (χ3v) is 4.84. The lowest BCUT2D eigenvalue weighted by atomic mass is 10.1. The molecule has 0 saturated carbocycles. The van der Waals surface area contributed by atoms with Crippen LogP contribution in [0.4, 0.5) is 5.69 Å². The van der Waals surface area contributed by atoms with Crippen LogP contribution in [0.25, 0.3) is 0 Å². The molecule has 0 saturated heterocycles. The van der Waals surface area contributed by atoms with Gasteiger partial charge >= 0.3 is 5.97 Å². The van der Waals surface area contributed by atoms with Gasteiger partial charge in [0.1, 0.15) is 0 Å². The van der Waals surface area contributed by atoms with Crippen LogP contribution in [0.5, 0.6) is 0 Å². The number of anilines is 1. The second-order valence-electron chi connectivity index (χ2n) is 6.35. The van der Waals surface area contributed by atoms with E-state index in [9.17, 15) is 9.59 Å². The number of methoxy groups -OCH3 is 1. The van der Waals surface area contributed by atoms with Gasteiger partial charge in [0.25, 0.3) is 5.91 Å². The average molecular weight is 402 g/mol. The molecule has 0 aliphatic carbocycles. The molecule has 0 aliphatic heterocycles. The van der Waals surface area contributed by atoms with Gasteiger partial charge in [-0.15, -0.1) is 0 Å². The lowest BCUT2D eigenvalue weighted by Gasteiger charge is -2.07. The standard InChI is InChI=1S/C19H20ClN5O3/c1-11-16(20)12(2)25(22-11)9-13-5-7-14(8-6-13)18(26)21-15-10-24(3)23-17(15)19(27)28-4/h5-8,10H,9H2,1-4H3,(H,21,26). The fraction of sp³-hybridized carbons (Fsp3) is 0.263. The van der Waals surface area contributed by atoms with E-state index < -0.39 is 5.97 Å². The van der Waals surface area contributed by atoms with Crippen LogP contribution >= 0.6 is 11.6 Å². The lowest BCUT2D eigenvalue weighted by molar-refractivity contribution is 0.0594. The Kier molecular flexibility index (Phi) is 5.51. The zero-order valence-corrected chi connectivity index (χ0v) is 16.7. The number of hydrogen-bond donors (Lipinski definition) is 1. The SMILES string of the molecule is COC(=O)c1nn(C)cc1NC(=O)c1ccc(Cn2nc(C)c(Cl)c2C)cc1. The van der Waals surface area contributed by atoms with Crippen molar-refractivity contribution in [2.24, 2.45) is 7.05 Å². The quantitative estimate of drug-likeness (QED) is 0.663. The number of ether oxygens (including phenoxy) is 1. The molecule has 3 aromatic rings. The van der Waals surface area contributed by atoms with E-state index in [1.54, 1.807) is 25.4 Å². The fourth-order valence-electron chi connectivity index (χ4n) is 2.79. The van der Waals surface area contributed by atoms with Crippen LogP contribution in [0.2, 0.25) is 5.02 Å². The Bertz CT molecular complexity index is 1040. The van der Waals surface area contributed by atoms with Crippen molar-refractivity contribution in [2.75, 3.05) is 12.4 Å². The zero-order valence-electron chi connectivity index (χ0n) is 16.0. The molecular formula is C19H20ClN5O3. The predicted octanol–water partition coefficient (Wildman–Crippen LogP) is 2.97. The first kappa shape index (κ1) is 19.6. The summed E-state index contributed by atoms with van der Waals surface area (Å²) in [6.07, 6.45) is 1.55. The number of nitrogens with one attached hydrogen (secondary N) is 1. The molecular weight excluding hydrogens is 382 g/mol. The van der Waals surface area contributed by atoms with Crippen molar-refractivity contribution in [1.29, 1.82) is 0 Å². The summed E-state index contributed by atoms with van der Waals surface area (Å²) in [5.74, 6) is -0.964. The Morgan fingerprint density at radius 2 is 1.86 bits per heavy atom. The molecule has 0 unspecified atom stereocenters. The van der Waals surface area contributed by atoms with E-state index in [1.807, 2.05) is 30.7 Å². The van der Waals surface area contributed by atoms with Crippen molar-refractivity contribution in [2.45, 2.75) is 20.4 Å². The summed E-state index contributed by atoms with van der Waals surface area (Å²) in [5, 5.41) is 11.8. The smallest absolute Gasteiger partial charge is 0.360 e. The minimum atomic E-state index is -0.616. The van der Waals surface area contributed by atoms with E-state index in [1.165, 1.54) is 11.8 Å². The van der Waals surface area contributed by atoms with Crippen LogP contribution in [-0.2, 0) is 18.3 Å². The molecule has 2 heterocycles. The average Bonchev–Trinajstić information content (AvgIpc) is 3.16. The molecule has 0 spiro atoms. The number of carbonyl (C=O) groups is 2. The number of aryl methyl sites for hydroxylation is 2. The van der Waals surface area contributed by atoms with Gasteiger partial charge < -0.3 is 10.1 Å². The maximum absolute atomic E-state index is 12.5. The minimum Gasteiger partial charge on any atom is -0.464 e. The normalized spacial score (nSPS) is 10.8. The first-order chi connectivity index (χ1) is 13.3. The number of amides is 1. The van der Waals surface area contributed by atoms with Gasteiger partial charge in [0.2, 0.25) is 0 Å². The second kappa shape index (κ2) is 7.85. The van der Waals surface area contributed by atoms with Gasteiger partial charge in [-0.3, -0.25) is 14.2 Å². The van der Waals surface area contributed by atoms with E-state index in [0.717, 1.165) is 17.0 Å². The molecule has 3 rings (SSSR count). The van der Waals surface area contributed by atoms with Gasteiger partial charge in [0, 0.05) is 18.8 Å². The summed E-state index contributed by atoms with van der Waals surface area (Å²) < 4.78 is 7.95.